The second-order valence-corrected chi connectivity index (χ2v) is 7.75. The standard InChI is InChI=1S/C25H26N2O6/c1-2-31-22(28)15-25(32-13-14-33-25)21-18-26(16-19-9-5-3-6-10-19)24(30)27(23(21)29)17-20-11-7-4-8-12-20/h3-12,18H,2,13-17H2,1H3. The van der Waals surface area contributed by atoms with Crippen LogP contribution in [0.3, 0.4) is 0 Å². The van der Waals surface area contributed by atoms with Crippen molar-refractivity contribution in [2.45, 2.75) is 32.2 Å². The molecule has 1 saturated heterocycles. The molecule has 2 aromatic carbocycles. The number of nitrogens with zero attached hydrogens (tertiary/aromatic N) is 2. The van der Waals surface area contributed by atoms with Gasteiger partial charge in [0.15, 0.2) is 0 Å². The van der Waals surface area contributed by atoms with Crippen LogP contribution >= 0.6 is 0 Å². The highest BCUT2D eigenvalue weighted by atomic mass is 16.7. The third kappa shape index (κ3) is 4.97. The minimum absolute atomic E-state index is 0.0800. The summed E-state index contributed by atoms with van der Waals surface area (Å²) in [6.07, 6.45) is 1.16. The fourth-order valence-corrected chi connectivity index (χ4v) is 3.92. The summed E-state index contributed by atoms with van der Waals surface area (Å²) < 4.78 is 19.3. The molecule has 0 spiro atoms. The molecule has 0 saturated carbocycles. The van der Waals surface area contributed by atoms with Gasteiger partial charge in [0.05, 0.1) is 38.5 Å². The van der Waals surface area contributed by atoms with E-state index in [4.69, 9.17) is 14.2 Å². The van der Waals surface area contributed by atoms with Crippen molar-refractivity contribution in [2.24, 2.45) is 0 Å². The number of benzene rings is 2. The van der Waals surface area contributed by atoms with Crippen molar-refractivity contribution in [2.75, 3.05) is 19.8 Å². The molecule has 172 valence electrons. The molecule has 1 aromatic heterocycles. The first-order chi connectivity index (χ1) is 16.0. The molecule has 0 aliphatic carbocycles. The number of rotatable bonds is 8. The maximum Gasteiger partial charge on any atom is 0.331 e. The van der Waals surface area contributed by atoms with Gasteiger partial charge in [-0.15, -0.1) is 0 Å². The molecule has 0 radical (unpaired) electrons. The van der Waals surface area contributed by atoms with E-state index in [1.165, 1.54) is 10.8 Å². The molecular weight excluding hydrogens is 424 g/mol. The Hall–Kier alpha value is -3.49. The SMILES string of the molecule is CCOC(=O)CC1(c2cn(Cc3ccccc3)c(=O)n(Cc3ccccc3)c2=O)OCCO1. The lowest BCUT2D eigenvalue weighted by Crippen LogP contribution is -2.47. The molecule has 8 nitrogen and oxygen atoms in total. The molecule has 4 rings (SSSR count). The summed E-state index contributed by atoms with van der Waals surface area (Å²) in [6, 6.07) is 18.7. The van der Waals surface area contributed by atoms with Crippen molar-refractivity contribution in [3.63, 3.8) is 0 Å². The van der Waals surface area contributed by atoms with Crippen molar-refractivity contribution in [1.29, 1.82) is 0 Å². The highest BCUT2D eigenvalue weighted by molar-refractivity contribution is 5.70. The van der Waals surface area contributed by atoms with Crippen molar-refractivity contribution < 1.29 is 19.0 Å². The van der Waals surface area contributed by atoms with Crippen molar-refractivity contribution >= 4 is 5.97 Å². The van der Waals surface area contributed by atoms with Crippen LogP contribution in [0.15, 0.2) is 76.4 Å². The van der Waals surface area contributed by atoms with Crippen LogP contribution in [0.4, 0.5) is 0 Å². The number of hydrogen-bond donors (Lipinski definition) is 0. The fraction of sp³-hybridized carbons (Fsp3) is 0.320. The van der Waals surface area contributed by atoms with Crippen LogP contribution in [0, 0.1) is 0 Å². The van der Waals surface area contributed by atoms with Gasteiger partial charge in [-0.05, 0) is 18.1 Å². The van der Waals surface area contributed by atoms with Crippen LogP contribution in [0.1, 0.15) is 30.0 Å². The van der Waals surface area contributed by atoms with Gasteiger partial charge < -0.3 is 14.2 Å². The van der Waals surface area contributed by atoms with E-state index < -0.39 is 23.0 Å². The topological polar surface area (TPSA) is 88.8 Å². The van der Waals surface area contributed by atoms with Crippen molar-refractivity contribution in [3.05, 3.63) is 104 Å². The molecular formula is C25H26N2O6. The van der Waals surface area contributed by atoms with Crippen LogP contribution in [-0.4, -0.2) is 34.9 Å². The number of hydrogen-bond acceptors (Lipinski definition) is 6. The fourth-order valence-electron chi connectivity index (χ4n) is 3.92. The molecule has 0 atom stereocenters. The van der Waals surface area contributed by atoms with Crippen LogP contribution in [-0.2, 0) is 37.9 Å². The van der Waals surface area contributed by atoms with E-state index in [0.717, 1.165) is 15.7 Å². The Morgan fingerprint density at radius 3 is 2.09 bits per heavy atom. The van der Waals surface area contributed by atoms with Gasteiger partial charge in [-0.25, -0.2) is 4.79 Å². The predicted octanol–water partition coefficient (Wildman–Crippen LogP) is 2.26. The number of ether oxygens (including phenoxy) is 3. The Labute approximate surface area is 191 Å². The first-order valence-corrected chi connectivity index (χ1v) is 10.9. The number of carbonyl (C=O) groups excluding carboxylic acids is 1. The maximum atomic E-state index is 13.6. The summed E-state index contributed by atoms with van der Waals surface area (Å²) in [5.74, 6) is -2.15. The van der Waals surface area contributed by atoms with E-state index in [1.54, 1.807) is 6.92 Å². The Balaban J connectivity index is 1.85. The largest absolute Gasteiger partial charge is 0.466 e. The summed E-state index contributed by atoms with van der Waals surface area (Å²) in [5.41, 5.74) is 0.774. The summed E-state index contributed by atoms with van der Waals surface area (Å²) in [4.78, 5) is 39.3. The summed E-state index contributed by atoms with van der Waals surface area (Å²) in [6.45, 7) is 2.66. The predicted molar refractivity (Wildman–Crippen MR) is 121 cm³/mol. The highest BCUT2D eigenvalue weighted by Gasteiger charge is 2.44. The van der Waals surface area contributed by atoms with Gasteiger partial charge in [-0.2, -0.15) is 0 Å². The van der Waals surface area contributed by atoms with E-state index >= 15 is 0 Å². The Morgan fingerprint density at radius 1 is 0.939 bits per heavy atom. The Kier molecular flexibility index (Phi) is 6.86. The van der Waals surface area contributed by atoms with Gasteiger partial charge in [0, 0.05) is 6.20 Å². The van der Waals surface area contributed by atoms with Gasteiger partial charge in [0.25, 0.3) is 5.56 Å². The van der Waals surface area contributed by atoms with E-state index in [9.17, 15) is 14.4 Å². The minimum atomic E-state index is -1.60. The number of aromatic nitrogens is 2. The second kappa shape index (κ2) is 9.97. The molecule has 1 aliphatic rings. The molecule has 1 fully saturated rings. The zero-order valence-electron chi connectivity index (χ0n) is 18.4. The van der Waals surface area contributed by atoms with Gasteiger partial charge in [0.1, 0.15) is 6.42 Å². The van der Waals surface area contributed by atoms with Crippen LogP contribution in [0.5, 0.6) is 0 Å². The monoisotopic (exact) mass is 450 g/mol. The number of carbonyl (C=O) groups is 1. The van der Waals surface area contributed by atoms with Crippen LogP contribution < -0.4 is 11.2 Å². The quantitative estimate of drug-likeness (QED) is 0.489. The minimum Gasteiger partial charge on any atom is -0.466 e. The van der Waals surface area contributed by atoms with E-state index in [0.29, 0.717) is 0 Å². The van der Waals surface area contributed by atoms with Gasteiger partial charge in [0.2, 0.25) is 5.79 Å². The average molecular weight is 450 g/mol. The average Bonchev–Trinajstić information content (AvgIpc) is 3.29. The van der Waals surface area contributed by atoms with Crippen molar-refractivity contribution in [1.82, 2.24) is 9.13 Å². The molecule has 33 heavy (non-hydrogen) atoms. The summed E-state index contributed by atoms with van der Waals surface area (Å²) in [7, 11) is 0. The lowest BCUT2D eigenvalue weighted by Gasteiger charge is -2.27. The Morgan fingerprint density at radius 2 is 1.52 bits per heavy atom. The highest BCUT2D eigenvalue weighted by Crippen LogP contribution is 2.33. The third-order valence-corrected chi connectivity index (χ3v) is 5.46. The summed E-state index contributed by atoms with van der Waals surface area (Å²) >= 11 is 0. The zero-order valence-corrected chi connectivity index (χ0v) is 18.4. The third-order valence-electron chi connectivity index (χ3n) is 5.46. The molecule has 0 unspecified atom stereocenters. The maximum absolute atomic E-state index is 13.6. The van der Waals surface area contributed by atoms with E-state index in [1.807, 2.05) is 60.7 Å². The molecule has 0 N–H and O–H groups in total. The molecule has 0 bridgehead atoms. The van der Waals surface area contributed by atoms with E-state index in [-0.39, 0.29) is 44.9 Å². The molecule has 1 aliphatic heterocycles. The van der Waals surface area contributed by atoms with Gasteiger partial charge in [-0.1, -0.05) is 60.7 Å². The summed E-state index contributed by atoms with van der Waals surface area (Å²) in [5, 5.41) is 0. The smallest absolute Gasteiger partial charge is 0.331 e. The lowest BCUT2D eigenvalue weighted by molar-refractivity contribution is -0.189. The van der Waals surface area contributed by atoms with Gasteiger partial charge in [-0.3, -0.25) is 18.7 Å². The normalized spacial score (nSPS) is 14.8. The van der Waals surface area contributed by atoms with Crippen molar-refractivity contribution in [3.8, 4) is 0 Å². The molecule has 2 heterocycles. The zero-order chi connectivity index (χ0) is 23.3. The molecule has 8 heteroatoms. The first-order valence-electron chi connectivity index (χ1n) is 10.9. The lowest BCUT2D eigenvalue weighted by atomic mass is 10.0. The van der Waals surface area contributed by atoms with E-state index in [2.05, 4.69) is 0 Å². The van der Waals surface area contributed by atoms with Gasteiger partial charge >= 0.3 is 11.7 Å². The number of esters is 1. The van der Waals surface area contributed by atoms with Crippen LogP contribution in [0.25, 0.3) is 0 Å². The molecule has 3 aromatic rings. The Bertz CT molecular complexity index is 1210. The molecule has 0 amide bonds. The van der Waals surface area contributed by atoms with Crippen LogP contribution in [0.2, 0.25) is 0 Å². The second-order valence-electron chi connectivity index (χ2n) is 7.75. The first kappa shape index (κ1) is 22.7.